The van der Waals surface area contributed by atoms with E-state index in [1.807, 2.05) is 0 Å². The van der Waals surface area contributed by atoms with Crippen LogP contribution in [0.1, 0.15) is 36.8 Å². The zero-order valence-corrected chi connectivity index (χ0v) is 10.6. The molecule has 1 unspecified atom stereocenters. The van der Waals surface area contributed by atoms with Crippen LogP contribution in [0.2, 0.25) is 0 Å². The molecule has 4 aliphatic rings. The fraction of sp³-hybridized carbons (Fsp3) is 0.625. The first-order valence-corrected chi connectivity index (χ1v) is 7.42. The minimum atomic E-state index is 0.373. The van der Waals surface area contributed by atoms with Crippen LogP contribution >= 0.6 is 0 Å². The number of nitrogens with one attached hydrogen (secondary N) is 1. The van der Waals surface area contributed by atoms with E-state index >= 15 is 0 Å². The third-order valence-electron chi connectivity index (χ3n) is 5.94. The standard InChI is InChI=1S/C16H19NO/c1-3-10-9-12-11-4-2-6-14-16(11,7-8-17-12)15(10)13(5-1)18-14/h1,3,5,11-12,14,17H,2,4,6-9H2/t11-,12+,14?,16+/m0/s1. The average molecular weight is 241 g/mol. The fourth-order valence-corrected chi connectivity index (χ4v) is 5.40. The zero-order chi connectivity index (χ0) is 11.7. The van der Waals surface area contributed by atoms with Crippen molar-refractivity contribution >= 4 is 0 Å². The van der Waals surface area contributed by atoms with Crippen molar-refractivity contribution in [1.29, 1.82) is 0 Å². The van der Waals surface area contributed by atoms with Gasteiger partial charge in [0.05, 0.1) is 0 Å². The van der Waals surface area contributed by atoms with Crippen LogP contribution in [-0.4, -0.2) is 18.7 Å². The highest BCUT2D eigenvalue weighted by atomic mass is 16.5. The second-order valence-electron chi connectivity index (χ2n) is 6.49. The lowest BCUT2D eigenvalue weighted by Crippen LogP contribution is -2.63. The first kappa shape index (κ1) is 9.85. The quantitative estimate of drug-likeness (QED) is 0.753. The summed E-state index contributed by atoms with van der Waals surface area (Å²) in [7, 11) is 0. The molecule has 0 aromatic heterocycles. The van der Waals surface area contributed by atoms with Crippen molar-refractivity contribution in [1.82, 2.24) is 5.32 Å². The van der Waals surface area contributed by atoms with Gasteiger partial charge in [0, 0.05) is 17.0 Å². The predicted octanol–water partition coefficient (Wildman–Crippen LogP) is 2.40. The maximum absolute atomic E-state index is 6.35. The van der Waals surface area contributed by atoms with Crippen LogP contribution in [0.3, 0.4) is 0 Å². The zero-order valence-electron chi connectivity index (χ0n) is 10.6. The van der Waals surface area contributed by atoms with Crippen LogP contribution in [0.5, 0.6) is 5.75 Å². The van der Waals surface area contributed by atoms with Crippen LogP contribution in [0, 0.1) is 5.92 Å². The summed E-state index contributed by atoms with van der Waals surface area (Å²) in [6.07, 6.45) is 6.97. The first-order valence-electron chi connectivity index (χ1n) is 7.42. The van der Waals surface area contributed by atoms with E-state index in [0.29, 0.717) is 17.6 Å². The van der Waals surface area contributed by atoms with Crippen LogP contribution in [0.15, 0.2) is 18.2 Å². The monoisotopic (exact) mass is 241 g/mol. The van der Waals surface area contributed by atoms with E-state index < -0.39 is 0 Å². The van der Waals surface area contributed by atoms with E-state index in [2.05, 4.69) is 23.5 Å². The summed E-state index contributed by atoms with van der Waals surface area (Å²) >= 11 is 0. The second-order valence-corrected chi connectivity index (χ2v) is 6.49. The molecule has 1 aromatic carbocycles. The lowest BCUT2D eigenvalue weighted by Gasteiger charge is -2.55. The minimum Gasteiger partial charge on any atom is -0.489 e. The molecule has 0 radical (unpaired) electrons. The molecular formula is C16H19NO. The molecule has 0 amide bonds. The van der Waals surface area contributed by atoms with Gasteiger partial charge in [-0.15, -0.1) is 0 Å². The highest BCUT2D eigenvalue weighted by Crippen LogP contribution is 2.60. The smallest absolute Gasteiger partial charge is 0.123 e. The maximum atomic E-state index is 6.35. The lowest BCUT2D eigenvalue weighted by atomic mass is 9.52. The molecule has 4 atom stereocenters. The first-order chi connectivity index (χ1) is 8.89. The molecular weight excluding hydrogens is 222 g/mol. The molecule has 1 saturated heterocycles. The summed E-state index contributed by atoms with van der Waals surface area (Å²) in [6, 6.07) is 7.41. The molecule has 1 saturated carbocycles. The van der Waals surface area contributed by atoms with Gasteiger partial charge in [-0.2, -0.15) is 0 Å². The highest BCUT2D eigenvalue weighted by molar-refractivity contribution is 5.54. The van der Waals surface area contributed by atoms with Crippen molar-refractivity contribution in [2.45, 2.75) is 49.7 Å². The molecule has 2 fully saturated rings. The van der Waals surface area contributed by atoms with Crippen molar-refractivity contribution < 1.29 is 4.74 Å². The van der Waals surface area contributed by atoms with Gasteiger partial charge in [-0.05, 0) is 56.2 Å². The molecule has 2 heterocycles. The van der Waals surface area contributed by atoms with Gasteiger partial charge in [-0.25, -0.2) is 0 Å². The third kappa shape index (κ3) is 0.934. The van der Waals surface area contributed by atoms with Gasteiger partial charge < -0.3 is 10.1 Å². The molecule has 1 N–H and O–H groups in total. The summed E-state index contributed by atoms with van der Waals surface area (Å²) < 4.78 is 6.35. The summed E-state index contributed by atoms with van der Waals surface area (Å²) in [5, 5.41) is 3.77. The number of hydrogen-bond donors (Lipinski definition) is 1. The van der Waals surface area contributed by atoms with Crippen LogP contribution in [0.4, 0.5) is 0 Å². The Bertz CT molecular complexity index is 526. The third-order valence-corrected chi connectivity index (χ3v) is 5.94. The largest absolute Gasteiger partial charge is 0.489 e. The number of rotatable bonds is 0. The van der Waals surface area contributed by atoms with Gasteiger partial charge in [0.15, 0.2) is 0 Å². The van der Waals surface area contributed by atoms with E-state index in [4.69, 9.17) is 4.74 Å². The number of hydrogen-bond acceptors (Lipinski definition) is 2. The topological polar surface area (TPSA) is 21.3 Å². The van der Waals surface area contributed by atoms with E-state index in [9.17, 15) is 0 Å². The molecule has 94 valence electrons. The van der Waals surface area contributed by atoms with Gasteiger partial charge >= 0.3 is 0 Å². The molecule has 2 bridgehead atoms. The normalized spacial score (nSPS) is 43.2. The molecule has 2 aliphatic heterocycles. The Labute approximate surface area is 108 Å². The number of ether oxygens (including phenoxy) is 1. The predicted molar refractivity (Wildman–Crippen MR) is 70.0 cm³/mol. The molecule has 1 aromatic rings. The van der Waals surface area contributed by atoms with Gasteiger partial charge in [0.1, 0.15) is 11.9 Å². The van der Waals surface area contributed by atoms with E-state index in [1.165, 1.54) is 44.4 Å². The van der Waals surface area contributed by atoms with E-state index in [1.54, 1.807) is 11.1 Å². The summed E-state index contributed by atoms with van der Waals surface area (Å²) in [5.74, 6) is 2.03. The van der Waals surface area contributed by atoms with E-state index in [-0.39, 0.29) is 0 Å². The highest BCUT2D eigenvalue weighted by Gasteiger charge is 2.61. The summed E-state index contributed by atoms with van der Waals surface area (Å²) in [6.45, 7) is 1.18. The van der Waals surface area contributed by atoms with Crippen molar-refractivity contribution in [3.05, 3.63) is 29.3 Å². The Morgan fingerprint density at radius 3 is 3.28 bits per heavy atom. The van der Waals surface area contributed by atoms with Gasteiger partial charge in [0.2, 0.25) is 0 Å². The molecule has 5 rings (SSSR count). The van der Waals surface area contributed by atoms with Crippen molar-refractivity contribution in [2.75, 3.05) is 6.54 Å². The molecule has 1 spiro atoms. The van der Waals surface area contributed by atoms with Crippen molar-refractivity contribution in [3.8, 4) is 5.75 Å². The Balaban J connectivity index is 1.83. The second kappa shape index (κ2) is 3.11. The maximum Gasteiger partial charge on any atom is 0.123 e. The van der Waals surface area contributed by atoms with Crippen LogP contribution in [-0.2, 0) is 11.8 Å². The Hall–Kier alpha value is -1.02. The van der Waals surface area contributed by atoms with Crippen molar-refractivity contribution in [2.24, 2.45) is 5.92 Å². The van der Waals surface area contributed by atoms with Crippen LogP contribution in [0.25, 0.3) is 0 Å². The van der Waals surface area contributed by atoms with Crippen molar-refractivity contribution in [3.63, 3.8) is 0 Å². The summed E-state index contributed by atoms with van der Waals surface area (Å²) in [5.41, 5.74) is 3.54. The number of piperidine rings is 1. The molecule has 2 nitrogen and oxygen atoms in total. The fourth-order valence-electron chi connectivity index (χ4n) is 5.40. The van der Waals surface area contributed by atoms with Crippen LogP contribution < -0.4 is 10.1 Å². The Morgan fingerprint density at radius 1 is 1.28 bits per heavy atom. The van der Waals surface area contributed by atoms with E-state index in [0.717, 1.165) is 5.92 Å². The average Bonchev–Trinajstić information content (AvgIpc) is 2.70. The molecule has 2 aliphatic carbocycles. The number of benzene rings is 1. The minimum absolute atomic E-state index is 0.373. The van der Waals surface area contributed by atoms with Gasteiger partial charge in [-0.1, -0.05) is 12.1 Å². The van der Waals surface area contributed by atoms with Gasteiger partial charge in [0.25, 0.3) is 0 Å². The Kier molecular flexibility index (Phi) is 1.70. The Morgan fingerprint density at radius 2 is 2.28 bits per heavy atom. The van der Waals surface area contributed by atoms with Gasteiger partial charge in [-0.3, -0.25) is 0 Å². The lowest BCUT2D eigenvalue weighted by molar-refractivity contribution is 0.00338. The molecule has 2 heteroatoms. The molecule has 18 heavy (non-hydrogen) atoms. The SMILES string of the molecule is c1cc2c3c(c1)OC1CCC[C@H]4[C@@H](C2)NCC[C@]314. The summed E-state index contributed by atoms with van der Waals surface area (Å²) in [4.78, 5) is 0.